The normalized spacial score (nSPS) is 18.5. The van der Waals surface area contributed by atoms with Gasteiger partial charge in [-0.05, 0) is 35.5 Å². The quantitative estimate of drug-likeness (QED) is 0.508. The minimum atomic E-state index is -4.73. The van der Waals surface area contributed by atoms with E-state index in [-0.39, 0.29) is 30.2 Å². The number of hydrogen-bond acceptors (Lipinski definition) is 8. The predicted octanol–water partition coefficient (Wildman–Crippen LogP) is 3.07. The zero-order valence-corrected chi connectivity index (χ0v) is 20.3. The largest absolute Gasteiger partial charge is 0.573 e. The second-order valence-corrected chi connectivity index (χ2v) is 9.23. The summed E-state index contributed by atoms with van der Waals surface area (Å²) in [6.45, 7) is 2.36. The van der Waals surface area contributed by atoms with Crippen LogP contribution in [-0.2, 0) is 24.3 Å². The molecular weight excluding hydrogens is 491 g/mol. The topological polar surface area (TPSA) is 102 Å². The summed E-state index contributed by atoms with van der Waals surface area (Å²) in [4.78, 5) is 25.1. The van der Waals surface area contributed by atoms with Crippen molar-refractivity contribution in [1.29, 1.82) is 0 Å². The number of ether oxygens (including phenoxy) is 1. The molecule has 0 spiro atoms. The van der Waals surface area contributed by atoms with Gasteiger partial charge in [-0.1, -0.05) is 18.2 Å². The van der Waals surface area contributed by atoms with Gasteiger partial charge in [0, 0.05) is 45.4 Å². The van der Waals surface area contributed by atoms with Crippen molar-refractivity contribution in [3.05, 3.63) is 53.9 Å². The van der Waals surface area contributed by atoms with Crippen LogP contribution in [0.25, 0.3) is 0 Å². The molecule has 10 nitrogen and oxygen atoms in total. The molecule has 3 aromatic rings. The number of halogens is 3. The third-order valence-corrected chi connectivity index (χ3v) is 6.90. The van der Waals surface area contributed by atoms with Gasteiger partial charge in [-0.25, -0.2) is 4.98 Å². The molecule has 0 radical (unpaired) electrons. The van der Waals surface area contributed by atoms with E-state index in [0.29, 0.717) is 62.8 Å². The number of aromatic nitrogens is 4. The van der Waals surface area contributed by atoms with Gasteiger partial charge in [0.05, 0.1) is 13.1 Å². The average Bonchev–Trinajstić information content (AvgIpc) is 3.55. The van der Waals surface area contributed by atoms with Crippen molar-refractivity contribution in [3.63, 3.8) is 0 Å². The number of nitrogens with one attached hydrogen (secondary N) is 1. The highest BCUT2D eigenvalue weighted by Gasteiger charge is 2.34. The number of likely N-dealkylation sites (N-methyl/N-ethyl adjacent to an activating group) is 1. The number of amides is 1. The monoisotopic (exact) mass is 519 g/mol. The van der Waals surface area contributed by atoms with Crippen LogP contribution < -0.4 is 15.0 Å². The maximum Gasteiger partial charge on any atom is 0.573 e. The highest BCUT2D eigenvalue weighted by atomic mass is 19.4. The predicted molar refractivity (Wildman–Crippen MR) is 126 cm³/mol. The SMILES string of the molecule is CN(C(=O)CCc1nc(N2CCC(c3ccccc3OC(F)(F)F)CC2)no1)C1Cn2ccnc2CN1. The molecule has 37 heavy (non-hydrogen) atoms. The number of nitrogens with zero attached hydrogens (tertiary/aromatic N) is 6. The molecule has 2 aromatic heterocycles. The first-order chi connectivity index (χ1) is 17.8. The molecule has 13 heteroatoms. The molecule has 5 rings (SSSR count). The molecule has 198 valence electrons. The van der Waals surface area contributed by atoms with Gasteiger partial charge in [0.1, 0.15) is 17.7 Å². The molecule has 0 saturated carbocycles. The molecule has 1 saturated heterocycles. The van der Waals surface area contributed by atoms with E-state index in [1.165, 1.54) is 12.1 Å². The van der Waals surface area contributed by atoms with E-state index in [9.17, 15) is 18.0 Å². The lowest BCUT2D eigenvalue weighted by molar-refractivity contribution is -0.275. The van der Waals surface area contributed by atoms with Gasteiger partial charge in [-0.15, -0.1) is 13.2 Å². The third kappa shape index (κ3) is 5.87. The smallest absolute Gasteiger partial charge is 0.405 e. The minimum absolute atomic E-state index is 0.0404. The molecule has 1 aromatic carbocycles. The van der Waals surface area contributed by atoms with Crippen LogP contribution in [0.4, 0.5) is 19.1 Å². The van der Waals surface area contributed by atoms with Crippen LogP contribution in [0.2, 0.25) is 0 Å². The van der Waals surface area contributed by atoms with E-state index >= 15 is 0 Å². The van der Waals surface area contributed by atoms with Crippen molar-refractivity contribution in [1.82, 2.24) is 29.9 Å². The zero-order valence-electron chi connectivity index (χ0n) is 20.3. The van der Waals surface area contributed by atoms with Gasteiger partial charge in [0.25, 0.3) is 5.95 Å². The Morgan fingerprint density at radius 3 is 2.84 bits per heavy atom. The average molecular weight is 520 g/mol. The number of carbonyl (C=O) groups is 1. The van der Waals surface area contributed by atoms with Crippen molar-refractivity contribution in [3.8, 4) is 5.75 Å². The molecule has 1 fully saturated rings. The van der Waals surface area contributed by atoms with Crippen molar-refractivity contribution >= 4 is 11.9 Å². The Morgan fingerprint density at radius 1 is 1.27 bits per heavy atom. The van der Waals surface area contributed by atoms with E-state index in [2.05, 4.69) is 25.2 Å². The van der Waals surface area contributed by atoms with Crippen molar-refractivity contribution in [2.75, 3.05) is 25.0 Å². The number of aryl methyl sites for hydroxylation is 1. The molecule has 1 atom stereocenters. The van der Waals surface area contributed by atoms with E-state index < -0.39 is 6.36 Å². The molecule has 0 aliphatic carbocycles. The summed E-state index contributed by atoms with van der Waals surface area (Å²) in [5, 5.41) is 7.37. The number of rotatable bonds is 7. The third-order valence-electron chi connectivity index (χ3n) is 6.90. The van der Waals surface area contributed by atoms with Gasteiger partial charge < -0.3 is 23.6 Å². The summed E-state index contributed by atoms with van der Waals surface area (Å²) in [6.07, 6.45) is 0.586. The Kier molecular flexibility index (Phi) is 7.04. The van der Waals surface area contributed by atoms with E-state index in [0.717, 1.165) is 5.82 Å². The minimum Gasteiger partial charge on any atom is -0.405 e. The van der Waals surface area contributed by atoms with E-state index in [4.69, 9.17) is 4.52 Å². The Morgan fingerprint density at radius 2 is 2.05 bits per heavy atom. The maximum absolute atomic E-state index is 12.8. The van der Waals surface area contributed by atoms with Gasteiger partial charge in [-0.3, -0.25) is 10.1 Å². The molecule has 0 bridgehead atoms. The molecule has 4 heterocycles. The Balaban J connectivity index is 1.12. The second-order valence-electron chi connectivity index (χ2n) is 9.23. The number of alkyl halides is 3. The fourth-order valence-electron chi connectivity index (χ4n) is 4.86. The van der Waals surface area contributed by atoms with Gasteiger partial charge >= 0.3 is 6.36 Å². The number of benzene rings is 1. The Labute approximate surface area is 211 Å². The first-order valence-corrected chi connectivity index (χ1v) is 12.2. The van der Waals surface area contributed by atoms with Crippen LogP contribution >= 0.6 is 0 Å². The molecule has 1 amide bonds. The maximum atomic E-state index is 12.8. The number of carbonyl (C=O) groups excluding carboxylic acids is 1. The lowest BCUT2D eigenvalue weighted by Crippen LogP contribution is -2.51. The van der Waals surface area contributed by atoms with E-state index in [1.807, 2.05) is 15.7 Å². The van der Waals surface area contributed by atoms with Crippen molar-refractivity contribution < 1.29 is 27.2 Å². The number of imidazole rings is 1. The van der Waals surface area contributed by atoms with Crippen LogP contribution in [-0.4, -0.2) is 63.2 Å². The van der Waals surface area contributed by atoms with Crippen LogP contribution in [0, 0.1) is 0 Å². The summed E-state index contributed by atoms with van der Waals surface area (Å²) in [5.41, 5.74) is 0.549. The molecule has 2 aliphatic rings. The Bertz CT molecular complexity index is 1220. The van der Waals surface area contributed by atoms with Gasteiger partial charge in [0.15, 0.2) is 0 Å². The number of hydrogen-bond donors (Lipinski definition) is 1. The summed E-state index contributed by atoms with van der Waals surface area (Å²) < 4.78 is 50.0. The fourth-order valence-corrected chi connectivity index (χ4v) is 4.86. The zero-order chi connectivity index (χ0) is 26.0. The highest BCUT2D eigenvalue weighted by molar-refractivity contribution is 5.76. The Hall–Kier alpha value is -3.61. The second kappa shape index (κ2) is 10.4. The van der Waals surface area contributed by atoms with E-state index in [1.54, 1.807) is 30.3 Å². The van der Waals surface area contributed by atoms with Gasteiger partial charge in [-0.2, -0.15) is 4.98 Å². The fraction of sp³-hybridized carbons (Fsp3) is 0.500. The summed E-state index contributed by atoms with van der Waals surface area (Å²) in [6, 6.07) is 6.27. The van der Waals surface area contributed by atoms with Crippen LogP contribution in [0.15, 0.2) is 41.2 Å². The lowest BCUT2D eigenvalue weighted by atomic mass is 9.89. The number of fused-ring (bicyclic) bond motifs is 1. The van der Waals surface area contributed by atoms with Crippen LogP contribution in [0.3, 0.4) is 0 Å². The first kappa shape index (κ1) is 25.1. The van der Waals surface area contributed by atoms with Crippen molar-refractivity contribution in [2.24, 2.45) is 0 Å². The standard InChI is InChI=1S/C24H28F3N7O3/c1-32(20-15-34-13-10-28-19(34)14-29-20)22(35)7-6-21-30-23(31-37-21)33-11-8-16(9-12-33)17-4-2-3-5-18(17)36-24(25,26)27/h2-5,10,13,16,20,29H,6-9,11-12,14-15H2,1H3. The molecule has 1 unspecified atom stereocenters. The van der Waals surface area contributed by atoms with Crippen LogP contribution in [0.5, 0.6) is 5.75 Å². The summed E-state index contributed by atoms with van der Waals surface area (Å²) in [5.74, 6) is 1.48. The van der Waals surface area contributed by atoms with Gasteiger partial charge in [0.2, 0.25) is 11.8 Å². The lowest BCUT2D eigenvalue weighted by Gasteiger charge is -2.33. The number of piperidine rings is 1. The molecule has 1 N–H and O–H groups in total. The van der Waals surface area contributed by atoms with Crippen LogP contribution in [0.1, 0.15) is 42.5 Å². The summed E-state index contributed by atoms with van der Waals surface area (Å²) in [7, 11) is 1.77. The number of anilines is 1. The molecular formula is C24H28F3N7O3. The number of para-hydroxylation sites is 1. The molecule has 2 aliphatic heterocycles. The summed E-state index contributed by atoms with van der Waals surface area (Å²) >= 11 is 0. The van der Waals surface area contributed by atoms with Crippen molar-refractivity contribution in [2.45, 2.75) is 57.2 Å². The highest BCUT2D eigenvalue weighted by Crippen LogP contribution is 2.37. The first-order valence-electron chi connectivity index (χ1n) is 12.2.